The van der Waals surface area contributed by atoms with Crippen LogP contribution in [-0.2, 0) is 6.54 Å². The highest BCUT2D eigenvalue weighted by atomic mass is 16.3. The minimum atomic E-state index is 0.790. The van der Waals surface area contributed by atoms with E-state index in [1.54, 1.807) is 6.26 Å². The number of hydrogen-bond donors (Lipinski definition) is 1. The van der Waals surface area contributed by atoms with E-state index in [-0.39, 0.29) is 0 Å². The molecule has 3 heteroatoms. The third-order valence-electron chi connectivity index (χ3n) is 3.22. The highest BCUT2D eigenvalue weighted by Crippen LogP contribution is 2.14. The summed E-state index contributed by atoms with van der Waals surface area (Å²) in [5, 5.41) is 3.40. The fraction of sp³-hybridized carbons (Fsp3) is 0.375. The molecular weight excluding hydrogens is 236 g/mol. The van der Waals surface area contributed by atoms with Gasteiger partial charge in [-0.15, -0.1) is 0 Å². The van der Waals surface area contributed by atoms with Crippen molar-refractivity contribution in [3.8, 4) is 0 Å². The van der Waals surface area contributed by atoms with Crippen LogP contribution in [0.15, 0.2) is 47.1 Å². The molecule has 0 aliphatic heterocycles. The number of furan rings is 1. The third kappa shape index (κ3) is 4.14. The van der Waals surface area contributed by atoms with Gasteiger partial charge in [0.05, 0.1) is 12.8 Å². The van der Waals surface area contributed by atoms with E-state index < -0.39 is 0 Å². The Bertz CT molecular complexity index is 462. The molecule has 0 radical (unpaired) electrons. The van der Waals surface area contributed by atoms with Crippen molar-refractivity contribution < 1.29 is 4.42 Å². The zero-order valence-corrected chi connectivity index (χ0v) is 11.7. The maximum Gasteiger partial charge on any atom is 0.117 e. The molecular formula is C16H22N2O. The van der Waals surface area contributed by atoms with Crippen LogP contribution in [-0.4, -0.2) is 19.6 Å². The Morgan fingerprint density at radius 1 is 1.16 bits per heavy atom. The molecule has 3 nitrogen and oxygen atoms in total. The van der Waals surface area contributed by atoms with Crippen molar-refractivity contribution in [2.75, 3.05) is 24.5 Å². The quantitative estimate of drug-likeness (QED) is 0.773. The maximum absolute atomic E-state index is 5.29. The van der Waals surface area contributed by atoms with Gasteiger partial charge < -0.3 is 14.6 Å². The molecule has 0 fully saturated rings. The van der Waals surface area contributed by atoms with Crippen LogP contribution < -0.4 is 10.2 Å². The number of hydrogen-bond acceptors (Lipinski definition) is 3. The monoisotopic (exact) mass is 258 g/mol. The maximum atomic E-state index is 5.29. The van der Waals surface area contributed by atoms with Gasteiger partial charge in [-0.3, -0.25) is 0 Å². The van der Waals surface area contributed by atoms with E-state index in [9.17, 15) is 0 Å². The average Bonchev–Trinajstić information content (AvgIpc) is 2.93. The molecule has 2 aromatic rings. The predicted octanol–water partition coefficient (Wildman–Crippen LogP) is 3.20. The third-order valence-corrected chi connectivity index (χ3v) is 3.22. The van der Waals surface area contributed by atoms with E-state index in [2.05, 4.69) is 48.3 Å². The van der Waals surface area contributed by atoms with Crippen LogP contribution in [0.5, 0.6) is 0 Å². The molecule has 2 rings (SSSR count). The van der Waals surface area contributed by atoms with E-state index >= 15 is 0 Å². The molecule has 1 N–H and O–H groups in total. The minimum Gasteiger partial charge on any atom is -0.468 e. The average molecular weight is 258 g/mol. The molecule has 102 valence electrons. The first-order chi connectivity index (χ1) is 9.29. The topological polar surface area (TPSA) is 28.4 Å². The van der Waals surface area contributed by atoms with Crippen LogP contribution in [0.3, 0.4) is 0 Å². The largest absolute Gasteiger partial charge is 0.468 e. The lowest BCUT2D eigenvalue weighted by atomic mass is 10.2. The SMILES string of the molecule is CCN(CCNCc1ccco1)c1ccc(C)cc1. The van der Waals surface area contributed by atoms with E-state index in [0.717, 1.165) is 31.9 Å². The number of benzene rings is 1. The van der Waals surface area contributed by atoms with Crippen molar-refractivity contribution in [2.45, 2.75) is 20.4 Å². The van der Waals surface area contributed by atoms with Gasteiger partial charge in [0.25, 0.3) is 0 Å². The summed E-state index contributed by atoms with van der Waals surface area (Å²) in [5.74, 6) is 0.985. The van der Waals surface area contributed by atoms with Gasteiger partial charge >= 0.3 is 0 Å². The van der Waals surface area contributed by atoms with Gasteiger partial charge in [0.15, 0.2) is 0 Å². The molecule has 0 spiro atoms. The Morgan fingerprint density at radius 3 is 2.58 bits per heavy atom. The van der Waals surface area contributed by atoms with Crippen molar-refractivity contribution in [1.82, 2.24) is 5.32 Å². The molecule has 19 heavy (non-hydrogen) atoms. The van der Waals surface area contributed by atoms with Crippen molar-refractivity contribution in [3.05, 3.63) is 54.0 Å². The number of anilines is 1. The van der Waals surface area contributed by atoms with Crippen LogP contribution in [0, 0.1) is 6.92 Å². The molecule has 1 aromatic heterocycles. The molecule has 0 amide bonds. The number of nitrogens with zero attached hydrogens (tertiary/aromatic N) is 1. The normalized spacial score (nSPS) is 10.6. The van der Waals surface area contributed by atoms with Crippen molar-refractivity contribution >= 4 is 5.69 Å². The molecule has 0 bridgehead atoms. The molecule has 0 atom stereocenters. The van der Waals surface area contributed by atoms with Crippen LogP contribution in [0.1, 0.15) is 18.2 Å². The Labute approximate surface area is 115 Å². The second-order valence-corrected chi connectivity index (χ2v) is 4.67. The first-order valence-corrected chi connectivity index (χ1v) is 6.84. The Hall–Kier alpha value is -1.74. The number of likely N-dealkylation sites (N-methyl/N-ethyl adjacent to an activating group) is 1. The first-order valence-electron chi connectivity index (χ1n) is 6.84. The molecule has 0 aliphatic carbocycles. The van der Waals surface area contributed by atoms with E-state index in [1.165, 1.54) is 11.3 Å². The number of nitrogens with one attached hydrogen (secondary N) is 1. The van der Waals surface area contributed by atoms with Crippen LogP contribution in [0.25, 0.3) is 0 Å². The zero-order chi connectivity index (χ0) is 13.5. The predicted molar refractivity (Wildman–Crippen MR) is 79.5 cm³/mol. The standard InChI is InChI=1S/C16H22N2O/c1-3-18(15-8-6-14(2)7-9-15)11-10-17-13-16-5-4-12-19-16/h4-9,12,17H,3,10-11,13H2,1-2H3. The zero-order valence-electron chi connectivity index (χ0n) is 11.7. The van der Waals surface area contributed by atoms with Crippen LogP contribution in [0.4, 0.5) is 5.69 Å². The molecule has 0 unspecified atom stereocenters. The summed E-state index contributed by atoms with van der Waals surface area (Å²) in [6.45, 7) is 8.06. The van der Waals surface area contributed by atoms with Gasteiger partial charge in [-0.1, -0.05) is 17.7 Å². The van der Waals surface area contributed by atoms with Gasteiger partial charge in [-0.05, 0) is 38.1 Å². The van der Waals surface area contributed by atoms with Crippen molar-refractivity contribution in [1.29, 1.82) is 0 Å². The van der Waals surface area contributed by atoms with E-state index in [1.807, 2.05) is 12.1 Å². The Morgan fingerprint density at radius 2 is 1.95 bits per heavy atom. The highest BCUT2D eigenvalue weighted by Gasteiger charge is 2.03. The molecule has 0 aliphatic rings. The molecule has 0 saturated carbocycles. The number of rotatable bonds is 7. The highest BCUT2D eigenvalue weighted by molar-refractivity contribution is 5.47. The summed E-state index contributed by atoms with van der Waals surface area (Å²) in [7, 11) is 0. The van der Waals surface area contributed by atoms with Gasteiger partial charge in [0.1, 0.15) is 5.76 Å². The van der Waals surface area contributed by atoms with Crippen LogP contribution >= 0.6 is 0 Å². The summed E-state index contributed by atoms with van der Waals surface area (Å²) in [5.41, 5.74) is 2.59. The summed E-state index contributed by atoms with van der Waals surface area (Å²) in [4.78, 5) is 2.37. The lowest BCUT2D eigenvalue weighted by Gasteiger charge is -2.23. The fourth-order valence-corrected chi connectivity index (χ4v) is 2.06. The molecule has 0 saturated heterocycles. The molecule has 1 aromatic carbocycles. The van der Waals surface area contributed by atoms with Crippen molar-refractivity contribution in [3.63, 3.8) is 0 Å². The summed E-state index contributed by atoms with van der Waals surface area (Å²) in [6, 6.07) is 12.6. The van der Waals surface area contributed by atoms with Crippen LogP contribution in [0.2, 0.25) is 0 Å². The van der Waals surface area contributed by atoms with E-state index in [0.29, 0.717) is 0 Å². The Kier molecular flexibility index (Phi) is 5.04. The van der Waals surface area contributed by atoms with Gasteiger partial charge in [-0.25, -0.2) is 0 Å². The van der Waals surface area contributed by atoms with Gasteiger partial charge in [0.2, 0.25) is 0 Å². The minimum absolute atomic E-state index is 0.790. The fourth-order valence-electron chi connectivity index (χ4n) is 2.06. The summed E-state index contributed by atoms with van der Waals surface area (Å²) >= 11 is 0. The first kappa shape index (κ1) is 13.7. The smallest absolute Gasteiger partial charge is 0.117 e. The summed E-state index contributed by atoms with van der Waals surface area (Å²) < 4.78 is 5.29. The lowest BCUT2D eigenvalue weighted by Crippen LogP contribution is -2.31. The van der Waals surface area contributed by atoms with E-state index in [4.69, 9.17) is 4.42 Å². The Balaban J connectivity index is 1.77. The second kappa shape index (κ2) is 7.00. The number of aryl methyl sites for hydroxylation is 1. The van der Waals surface area contributed by atoms with Crippen molar-refractivity contribution in [2.24, 2.45) is 0 Å². The summed E-state index contributed by atoms with van der Waals surface area (Å²) in [6.07, 6.45) is 1.71. The van der Waals surface area contributed by atoms with Gasteiger partial charge in [-0.2, -0.15) is 0 Å². The van der Waals surface area contributed by atoms with Gasteiger partial charge in [0, 0.05) is 25.3 Å². The lowest BCUT2D eigenvalue weighted by molar-refractivity contribution is 0.484. The molecule has 1 heterocycles. The second-order valence-electron chi connectivity index (χ2n) is 4.67.